The molecule has 0 aromatic heterocycles. The lowest BCUT2D eigenvalue weighted by atomic mass is 10.0. The van der Waals surface area contributed by atoms with Gasteiger partial charge in [-0.1, -0.05) is 48.1 Å². The first-order valence-electron chi connectivity index (χ1n) is 5.65. The normalized spacial score (nSPS) is 10.4. The number of fused-ring (bicyclic) bond motifs is 1. The van der Waals surface area contributed by atoms with Crippen molar-refractivity contribution < 1.29 is 9.90 Å². The van der Waals surface area contributed by atoms with Gasteiger partial charge in [-0.05, 0) is 17.5 Å². The molecule has 98 valence electrons. The molecule has 0 fully saturated rings. The zero-order chi connectivity index (χ0) is 14.0. The Balaban J connectivity index is 2.48. The smallest absolute Gasteiger partial charge is 0.323 e. The molecule has 0 unspecified atom stereocenters. The molecule has 0 atom stereocenters. The van der Waals surface area contributed by atoms with E-state index in [1.165, 1.54) is 4.90 Å². The molecule has 0 aliphatic heterocycles. The minimum absolute atomic E-state index is 0.129. The summed E-state index contributed by atoms with van der Waals surface area (Å²) in [6.45, 7) is -0.129. The number of likely N-dealkylation sites (N-methyl/N-ethyl adjacent to an activating group) is 1. The number of rotatable bonds is 3. The van der Waals surface area contributed by atoms with Crippen molar-refractivity contribution in [3.8, 4) is 0 Å². The Morgan fingerprint density at radius 3 is 2.53 bits per heavy atom. The van der Waals surface area contributed by atoms with Gasteiger partial charge in [0.1, 0.15) is 11.5 Å². The Morgan fingerprint density at radius 2 is 1.89 bits per heavy atom. The van der Waals surface area contributed by atoms with E-state index in [1.54, 1.807) is 13.1 Å². The second-order valence-corrected chi connectivity index (χ2v) is 4.99. The highest BCUT2D eigenvalue weighted by atomic mass is 35.5. The molecule has 0 saturated heterocycles. The van der Waals surface area contributed by atoms with Crippen LogP contribution in [0.5, 0.6) is 0 Å². The number of thiocarbonyl (C=S) groups is 1. The SMILES string of the molecule is CN(CC(=O)O)C(=S)c1ccc(Cl)c2ccccc12. The maximum Gasteiger partial charge on any atom is 0.323 e. The molecule has 1 N–H and O–H groups in total. The van der Waals surface area contributed by atoms with E-state index >= 15 is 0 Å². The zero-order valence-corrected chi connectivity index (χ0v) is 11.8. The summed E-state index contributed by atoms with van der Waals surface area (Å²) in [5.41, 5.74) is 0.818. The van der Waals surface area contributed by atoms with E-state index < -0.39 is 5.97 Å². The molecule has 3 nitrogen and oxygen atoms in total. The van der Waals surface area contributed by atoms with Gasteiger partial charge in [-0.2, -0.15) is 0 Å². The van der Waals surface area contributed by atoms with E-state index in [2.05, 4.69) is 0 Å². The van der Waals surface area contributed by atoms with Crippen LogP contribution in [0.25, 0.3) is 10.8 Å². The number of hydrogen-bond donors (Lipinski definition) is 1. The summed E-state index contributed by atoms with van der Waals surface area (Å²) in [7, 11) is 1.67. The second kappa shape index (κ2) is 5.55. The summed E-state index contributed by atoms with van der Waals surface area (Å²) in [6, 6.07) is 11.3. The molecule has 5 heteroatoms. The molecule has 0 aliphatic rings. The number of halogens is 1. The van der Waals surface area contributed by atoms with Gasteiger partial charge in [0.25, 0.3) is 0 Å². The average molecular weight is 294 g/mol. The second-order valence-electron chi connectivity index (χ2n) is 4.20. The Bertz CT molecular complexity index is 657. The van der Waals surface area contributed by atoms with Crippen molar-refractivity contribution >= 4 is 45.5 Å². The Hall–Kier alpha value is -1.65. The molecule has 0 radical (unpaired) electrons. The van der Waals surface area contributed by atoms with Crippen molar-refractivity contribution in [1.82, 2.24) is 4.90 Å². The number of nitrogens with zero attached hydrogens (tertiary/aromatic N) is 1. The van der Waals surface area contributed by atoms with Crippen LogP contribution in [0, 0.1) is 0 Å². The summed E-state index contributed by atoms with van der Waals surface area (Å²) in [5.74, 6) is -0.914. The summed E-state index contributed by atoms with van der Waals surface area (Å²) in [6.07, 6.45) is 0. The highest BCUT2D eigenvalue weighted by Gasteiger charge is 2.14. The number of carboxylic acid groups (broad SMARTS) is 1. The molecule has 0 saturated carbocycles. The van der Waals surface area contributed by atoms with E-state index in [4.69, 9.17) is 28.9 Å². The monoisotopic (exact) mass is 293 g/mol. The Morgan fingerprint density at radius 1 is 1.26 bits per heavy atom. The van der Waals surface area contributed by atoms with E-state index in [1.807, 2.05) is 30.3 Å². The van der Waals surface area contributed by atoms with Crippen molar-refractivity contribution in [3.63, 3.8) is 0 Å². The highest BCUT2D eigenvalue weighted by molar-refractivity contribution is 7.80. The van der Waals surface area contributed by atoms with Gasteiger partial charge < -0.3 is 10.0 Å². The molecule has 0 spiro atoms. The predicted octanol–water partition coefficient (Wildman–Crippen LogP) is 3.19. The predicted molar refractivity (Wildman–Crippen MR) is 80.9 cm³/mol. The minimum Gasteiger partial charge on any atom is -0.480 e. The molecule has 0 aliphatic carbocycles. The molecule has 0 heterocycles. The van der Waals surface area contributed by atoms with Gasteiger partial charge in [0, 0.05) is 23.0 Å². The fourth-order valence-corrected chi connectivity index (χ4v) is 2.40. The van der Waals surface area contributed by atoms with E-state index in [0.717, 1.165) is 16.3 Å². The fourth-order valence-electron chi connectivity index (χ4n) is 1.93. The van der Waals surface area contributed by atoms with Gasteiger partial charge >= 0.3 is 5.97 Å². The number of carbonyl (C=O) groups is 1. The number of aliphatic carboxylic acids is 1. The van der Waals surface area contributed by atoms with Gasteiger partial charge in [-0.15, -0.1) is 0 Å². The Kier molecular flexibility index (Phi) is 4.02. The lowest BCUT2D eigenvalue weighted by molar-refractivity contribution is -0.137. The minimum atomic E-state index is -0.914. The zero-order valence-electron chi connectivity index (χ0n) is 10.3. The van der Waals surface area contributed by atoms with Crippen LogP contribution >= 0.6 is 23.8 Å². The average Bonchev–Trinajstić information content (AvgIpc) is 2.38. The van der Waals surface area contributed by atoms with Gasteiger partial charge in [0.15, 0.2) is 0 Å². The molecule has 2 aromatic carbocycles. The van der Waals surface area contributed by atoms with Gasteiger partial charge in [-0.3, -0.25) is 4.79 Å². The van der Waals surface area contributed by atoms with Crippen LogP contribution in [-0.4, -0.2) is 34.6 Å². The van der Waals surface area contributed by atoms with Crippen molar-refractivity contribution in [2.75, 3.05) is 13.6 Å². The molecule has 19 heavy (non-hydrogen) atoms. The van der Waals surface area contributed by atoms with E-state index in [9.17, 15) is 4.79 Å². The maximum absolute atomic E-state index is 10.7. The molecular formula is C14H12ClNO2S. The van der Waals surface area contributed by atoms with Crippen LogP contribution in [0.15, 0.2) is 36.4 Å². The topological polar surface area (TPSA) is 40.5 Å². The molecule has 2 aromatic rings. The van der Waals surface area contributed by atoms with Gasteiger partial charge in [0.2, 0.25) is 0 Å². The quantitative estimate of drug-likeness (QED) is 0.883. The summed E-state index contributed by atoms with van der Waals surface area (Å²) in [4.78, 5) is 12.8. The van der Waals surface area contributed by atoms with E-state index in [0.29, 0.717) is 10.0 Å². The summed E-state index contributed by atoms with van der Waals surface area (Å²) < 4.78 is 0. The van der Waals surface area contributed by atoms with Crippen molar-refractivity contribution in [2.45, 2.75) is 0 Å². The van der Waals surface area contributed by atoms with Crippen LogP contribution in [0.3, 0.4) is 0 Å². The Labute approximate surface area is 121 Å². The van der Waals surface area contributed by atoms with Crippen molar-refractivity contribution in [3.05, 3.63) is 47.0 Å². The lowest BCUT2D eigenvalue weighted by Gasteiger charge is -2.19. The lowest BCUT2D eigenvalue weighted by Crippen LogP contribution is -2.31. The molecule has 0 amide bonds. The van der Waals surface area contributed by atoms with Crippen molar-refractivity contribution in [2.24, 2.45) is 0 Å². The number of carboxylic acids is 1. The van der Waals surface area contributed by atoms with Crippen LogP contribution < -0.4 is 0 Å². The molecule has 2 rings (SSSR count). The first-order valence-corrected chi connectivity index (χ1v) is 6.44. The highest BCUT2D eigenvalue weighted by Crippen LogP contribution is 2.27. The fraction of sp³-hybridized carbons (Fsp3) is 0.143. The summed E-state index contributed by atoms with van der Waals surface area (Å²) in [5, 5.41) is 11.3. The maximum atomic E-state index is 10.7. The van der Waals surface area contributed by atoms with Gasteiger partial charge in [-0.25, -0.2) is 0 Å². The third-order valence-corrected chi connectivity index (χ3v) is 3.68. The van der Waals surface area contributed by atoms with Crippen LogP contribution in [-0.2, 0) is 4.79 Å². The molecule has 0 bridgehead atoms. The summed E-state index contributed by atoms with van der Waals surface area (Å²) >= 11 is 11.5. The standard InChI is InChI=1S/C14H12ClNO2S/c1-16(8-13(17)18)14(19)11-6-7-12(15)10-5-3-2-4-9(10)11/h2-7H,8H2,1H3,(H,17,18). The van der Waals surface area contributed by atoms with Crippen LogP contribution in [0.2, 0.25) is 5.02 Å². The third kappa shape index (κ3) is 2.85. The molecular weight excluding hydrogens is 282 g/mol. The largest absolute Gasteiger partial charge is 0.480 e. The van der Waals surface area contributed by atoms with Gasteiger partial charge in [0.05, 0.1) is 0 Å². The number of benzene rings is 2. The first kappa shape index (κ1) is 13.8. The van der Waals surface area contributed by atoms with Crippen LogP contribution in [0.1, 0.15) is 5.56 Å². The number of hydrogen-bond acceptors (Lipinski definition) is 2. The van der Waals surface area contributed by atoms with Crippen LogP contribution in [0.4, 0.5) is 0 Å². The first-order chi connectivity index (χ1) is 9.00. The van der Waals surface area contributed by atoms with E-state index in [-0.39, 0.29) is 6.54 Å². The van der Waals surface area contributed by atoms with Crippen molar-refractivity contribution in [1.29, 1.82) is 0 Å². The third-order valence-electron chi connectivity index (χ3n) is 2.82.